The van der Waals surface area contributed by atoms with Gasteiger partial charge in [0.25, 0.3) is 0 Å². The number of ether oxygens (including phenoxy) is 1. The highest BCUT2D eigenvalue weighted by atomic mass is 35.5. The van der Waals surface area contributed by atoms with Crippen LogP contribution in [0.2, 0.25) is 0 Å². The largest absolute Gasteiger partial charge is 0.381 e. The highest BCUT2D eigenvalue weighted by Gasteiger charge is 2.28. The molecule has 0 aromatic carbocycles. The minimum Gasteiger partial charge on any atom is -0.381 e. The summed E-state index contributed by atoms with van der Waals surface area (Å²) in [5.41, 5.74) is 0. The molecule has 2 aliphatic heterocycles. The van der Waals surface area contributed by atoms with Crippen molar-refractivity contribution < 1.29 is 9.53 Å². The van der Waals surface area contributed by atoms with Gasteiger partial charge in [-0.2, -0.15) is 0 Å². The lowest BCUT2D eigenvalue weighted by Gasteiger charge is -2.35. The number of nitrogens with zero attached hydrogens (tertiary/aromatic N) is 1. The summed E-state index contributed by atoms with van der Waals surface area (Å²) >= 11 is 0. The molecule has 2 heterocycles. The van der Waals surface area contributed by atoms with E-state index in [1.165, 1.54) is 6.42 Å². The third-order valence-electron chi connectivity index (χ3n) is 3.74. The van der Waals surface area contributed by atoms with E-state index in [0.29, 0.717) is 11.9 Å². The van der Waals surface area contributed by atoms with Crippen LogP contribution >= 0.6 is 12.4 Å². The van der Waals surface area contributed by atoms with Crippen LogP contribution in [0.5, 0.6) is 0 Å². The first kappa shape index (κ1) is 14.7. The van der Waals surface area contributed by atoms with Crippen molar-refractivity contribution in [3.63, 3.8) is 0 Å². The molecule has 2 aliphatic rings. The Hall–Kier alpha value is -0.320. The second kappa shape index (κ2) is 7.19. The van der Waals surface area contributed by atoms with Crippen molar-refractivity contribution in [2.45, 2.75) is 31.7 Å². The fraction of sp³-hybridized carbons (Fsp3) is 0.917. The van der Waals surface area contributed by atoms with E-state index in [2.05, 4.69) is 5.32 Å². The van der Waals surface area contributed by atoms with Crippen molar-refractivity contribution in [1.82, 2.24) is 10.2 Å². The minimum atomic E-state index is 0. The molecule has 4 nitrogen and oxygen atoms in total. The van der Waals surface area contributed by atoms with Crippen LogP contribution in [0.25, 0.3) is 0 Å². The van der Waals surface area contributed by atoms with Crippen molar-refractivity contribution in [2.75, 3.05) is 33.4 Å². The zero-order chi connectivity index (χ0) is 11.4. The highest BCUT2D eigenvalue weighted by molar-refractivity contribution is 5.85. The minimum absolute atomic E-state index is 0. The molecule has 0 aromatic heterocycles. The van der Waals surface area contributed by atoms with Crippen molar-refractivity contribution >= 4 is 18.3 Å². The molecule has 0 radical (unpaired) electrons. The third-order valence-corrected chi connectivity index (χ3v) is 3.74. The summed E-state index contributed by atoms with van der Waals surface area (Å²) in [5.74, 6) is 0.512. The van der Waals surface area contributed by atoms with Gasteiger partial charge in [0.1, 0.15) is 0 Å². The Morgan fingerprint density at radius 1 is 1.29 bits per heavy atom. The van der Waals surface area contributed by atoms with Gasteiger partial charge in [0.2, 0.25) is 5.91 Å². The van der Waals surface area contributed by atoms with E-state index >= 15 is 0 Å². The van der Waals surface area contributed by atoms with E-state index in [1.807, 2.05) is 11.9 Å². The lowest BCUT2D eigenvalue weighted by Crippen LogP contribution is -2.49. The Bertz CT molecular complexity index is 239. The number of piperidine rings is 1. The molecule has 0 bridgehead atoms. The Labute approximate surface area is 109 Å². The molecule has 0 saturated carbocycles. The molecule has 2 saturated heterocycles. The van der Waals surface area contributed by atoms with Gasteiger partial charge in [-0.1, -0.05) is 0 Å². The summed E-state index contributed by atoms with van der Waals surface area (Å²) < 4.78 is 5.29. The van der Waals surface area contributed by atoms with Crippen molar-refractivity contribution in [3.8, 4) is 0 Å². The van der Waals surface area contributed by atoms with E-state index in [-0.39, 0.29) is 18.3 Å². The van der Waals surface area contributed by atoms with Crippen molar-refractivity contribution in [1.29, 1.82) is 0 Å². The second-order valence-electron chi connectivity index (χ2n) is 4.84. The normalized spacial score (nSPS) is 26.1. The van der Waals surface area contributed by atoms with E-state index in [4.69, 9.17) is 4.74 Å². The lowest BCUT2D eigenvalue weighted by atomic mass is 9.97. The first-order valence-electron chi connectivity index (χ1n) is 6.34. The average molecular weight is 263 g/mol. The molecule has 0 unspecified atom stereocenters. The van der Waals surface area contributed by atoms with Crippen LogP contribution in [0, 0.1) is 5.92 Å². The standard InChI is InChI=1S/C12H22N2O2.ClH/c1-14(11-3-2-6-13-9-11)12(15)10-4-7-16-8-5-10;/h10-11,13H,2-9H2,1H3;1H/t11-;/m1./s1. The SMILES string of the molecule is CN(C(=O)C1CCOCC1)[C@@H]1CCCNC1.Cl. The molecular weight excluding hydrogens is 240 g/mol. The zero-order valence-corrected chi connectivity index (χ0v) is 11.3. The second-order valence-corrected chi connectivity index (χ2v) is 4.84. The van der Waals surface area contributed by atoms with Gasteiger partial charge in [0.05, 0.1) is 0 Å². The molecule has 2 fully saturated rings. The van der Waals surface area contributed by atoms with Crippen molar-refractivity contribution in [3.05, 3.63) is 0 Å². The molecule has 2 rings (SSSR count). The molecule has 0 aromatic rings. The van der Waals surface area contributed by atoms with E-state index in [1.54, 1.807) is 0 Å². The number of hydrogen-bond acceptors (Lipinski definition) is 3. The first-order chi connectivity index (χ1) is 7.79. The summed E-state index contributed by atoms with van der Waals surface area (Å²) in [4.78, 5) is 14.2. The molecule has 1 atom stereocenters. The maximum Gasteiger partial charge on any atom is 0.225 e. The zero-order valence-electron chi connectivity index (χ0n) is 10.5. The highest BCUT2D eigenvalue weighted by Crippen LogP contribution is 2.19. The Balaban J connectivity index is 0.00000144. The Morgan fingerprint density at radius 2 is 2.00 bits per heavy atom. The number of likely N-dealkylation sites (N-methyl/N-ethyl adjacent to an activating group) is 1. The number of hydrogen-bond donors (Lipinski definition) is 1. The quantitative estimate of drug-likeness (QED) is 0.809. The molecule has 0 aliphatic carbocycles. The van der Waals surface area contributed by atoms with Crippen LogP contribution in [0.3, 0.4) is 0 Å². The van der Waals surface area contributed by atoms with Crippen LogP contribution in [-0.4, -0.2) is 50.2 Å². The number of rotatable bonds is 2. The van der Waals surface area contributed by atoms with E-state index in [0.717, 1.165) is 45.6 Å². The van der Waals surface area contributed by atoms with Gasteiger partial charge in [-0.25, -0.2) is 0 Å². The van der Waals surface area contributed by atoms with Gasteiger partial charge in [-0.3, -0.25) is 4.79 Å². The third kappa shape index (κ3) is 3.83. The van der Waals surface area contributed by atoms with E-state index < -0.39 is 0 Å². The molecular formula is C12H23ClN2O2. The van der Waals surface area contributed by atoms with Gasteiger partial charge < -0.3 is 15.0 Å². The molecule has 1 N–H and O–H groups in total. The van der Waals surface area contributed by atoms with Crippen molar-refractivity contribution in [2.24, 2.45) is 5.92 Å². The summed E-state index contributed by atoms with van der Waals surface area (Å²) in [6.07, 6.45) is 4.10. The molecule has 1 amide bonds. The van der Waals surface area contributed by atoms with Crippen LogP contribution in [0.1, 0.15) is 25.7 Å². The lowest BCUT2D eigenvalue weighted by molar-refractivity contribution is -0.139. The monoisotopic (exact) mass is 262 g/mol. The number of carbonyl (C=O) groups is 1. The van der Waals surface area contributed by atoms with E-state index in [9.17, 15) is 4.79 Å². The first-order valence-corrected chi connectivity index (χ1v) is 6.34. The topological polar surface area (TPSA) is 41.6 Å². The maximum atomic E-state index is 12.2. The van der Waals surface area contributed by atoms with Gasteiger partial charge >= 0.3 is 0 Å². The fourth-order valence-corrected chi connectivity index (χ4v) is 2.58. The van der Waals surface area contributed by atoms with Gasteiger partial charge in [-0.15, -0.1) is 12.4 Å². The summed E-state index contributed by atoms with van der Waals surface area (Å²) in [5, 5.41) is 3.35. The van der Waals surface area contributed by atoms with Gasteiger partial charge in [-0.05, 0) is 32.2 Å². The molecule has 100 valence electrons. The number of carbonyl (C=O) groups excluding carboxylic acids is 1. The number of nitrogens with one attached hydrogen (secondary N) is 1. The number of halogens is 1. The molecule has 5 heteroatoms. The average Bonchev–Trinajstić information content (AvgIpc) is 2.39. The predicted molar refractivity (Wildman–Crippen MR) is 69.5 cm³/mol. The van der Waals surface area contributed by atoms with Crippen LogP contribution < -0.4 is 5.32 Å². The summed E-state index contributed by atoms with van der Waals surface area (Å²) in [6.45, 7) is 3.53. The maximum absolute atomic E-state index is 12.2. The molecule has 0 spiro atoms. The fourth-order valence-electron chi connectivity index (χ4n) is 2.58. The van der Waals surface area contributed by atoms with Gasteiger partial charge in [0.15, 0.2) is 0 Å². The smallest absolute Gasteiger partial charge is 0.225 e. The number of amides is 1. The van der Waals surface area contributed by atoms with Crippen LogP contribution in [-0.2, 0) is 9.53 Å². The Morgan fingerprint density at radius 3 is 2.59 bits per heavy atom. The summed E-state index contributed by atoms with van der Waals surface area (Å²) in [7, 11) is 1.95. The van der Waals surface area contributed by atoms with Crippen LogP contribution in [0.4, 0.5) is 0 Å². The Kier molecular flexibility index (Phi) is 6.23. The molecule has 17 heavy (non-hydrogen) atoms. The predicted octanol–water partition coefficient (Wildman–Crippen LogP) is 1.05. The van der Waals surface area contributed by atoms with Crippen LogP contribution in [0.15, 0.2) is 0 Å². The summed E-state index contributed by atoms with van der Waals surface area (Å²) in [6, 6.07) is 0.393. The van der Waals surface area contributed by atoms with Gasteiger partial charge in [0, 0.05) is 38.8 Å².